The number of hydrogen-bond donors (Lipinski definition) is 4. The maximum atomic E-state index is 9.66. The topological polar surface area (TPSA) is 72.7 Å². The summed E-state index contributed by atoms with van der Waals surface area (Å²) < 4.78 is 0. The normalized spacial score (nSPS) is 20.9. The smallest absolute Gasteiger partial charge is 0.126 e. The fraction of sp³-hybridized carbons (Fsp3) is 0.500. The van der Waals surface area contributed by atoms with Gasteiger partial charge in [-0.25, -0.2) is 0 Å². The second kappa shape index (κ2) is 4.61. The summed E-state index contributed by atoms with van der Waals surface area (Å²) in [6.45, 7) is 1.96. The van der Waals surface area contributed by atoms with E-state index in [0.29, 0.717) is 17.9 Å². The molecule has 1 fully saturated rings. The van der Waals surface area contributed by atoms with Crippen LogP contribution in [0.5, 0.6) is 17.2 Å². The summed E-state index contributed by atoms with van der Waals surface area (Å²) in [7, 11) is 0. The monoisotopic (exact) mass is 223 g/mol. The first kappa shape index (κ1) is 11.1. The number of nitrogens with one attached hydrogen (secondary N) is 1. The Bertz CT molecular complexity index is 350. The predicted molar refractivity (Wildman–Crippen MR) is 60.7 cm³/mol. The SMILES string of the molecule is Oc1cc(O)c(CC2CCCNC2)c(O)c1. The lowest BCUT2D eigenvalue weighted by Gasteiger charge is -2.23. The van der Waals surface area contributed by atoms with E-state index in [9.17, 15) is 15.3 Å². The molecule has 1 aliphatic heterocycles. The van der Waals surface area contributed by atoms with E-state index in [4.69, 9.17) is 0 Å². The van der Waals surface area contributed by atoms with Crippen LogP contribution in [0.4, 0.5) is 0 Å². The number of piperidine rings is 1. The molecule has 16 heavy (non-hydrogen) atoms. The van der Waals surface area contributed by atoms with Crippen LogP contribution in [0.25, 0.3) is 0 Å². The van der Waals surface area contributed by atoms with Gasteiger partial charge in [-0.3, -0.25) is 0 Å². The lowest BCUT2D eigenvalue weighted by Crippen LogP contribution is -2.30. The molecule has 1 aromatic carbocycles. The van der Waals surface area contributed by atoms with Crippen LogP contribution >= 0.6 is 0 Å². The van der Waals surface area contributed by atoms with Crippen molar-refractivity contribution in [1.82, 2.24) is 5.32 Å². The molecule has 1 aromatic rings. The van der Waals surface area contributed by atoms with Crippen LogP contribution in [-0.2, 0) is 6.42 Å². The highest BCUT2D eigenvalue weighted by Crippen LogP contribution is 2.34. The van der Waals surface area contributed by atoms with Gasteiger partial charge in [-0.15, -0.1) is 0 Å². The first-order chi connectivity index (χ1) is 7.66. The minimum atomic E-state index is -0.111. The summed E-state index contributed by atoms with van der Waals surface area (Å²) in [5, 5.41) is 31.8. The zero-order chi connectivity index (χ0) is 11.5. The quantitative estimate of drug-likeness (QED) is 0.610. The van der Waals surface area contributed by atoms with Gasteiger partial charge in [0.05, 0.1) is 0 Å². The highest BCUT2D eigenvalue weighted by Gasteiger charge is 2.18. The summed E-state index contributed by atoms with van der Waals surface area (Å²) >= 11 is 0. The van der Waals surface area contributed by atoms with Crippen molar-refractivity contribution in [1.29, 1.82) is 0 Å². The summed E-state index contributed by atoms with van der Waals surface area (Å²) in [5.74, 6) is 0.279. The molecular formula is C12H17NO3. The van der Waals surface area contributed by atoms with Crippen molar-refractivity contribution in [2.45, 2.75) is 19.3 Å². The molecule has 4 heteroatoms. The largest absolute Gasteiger partial charge is 0.508 e. The molecule has 1 saturated heterocycles. The molecule has 1 unspecified atom stereocenters. The Labute approximate surface area is 94.5 Å². The Balaban J connectivity index is 2.14. The van der Waals surface area contributed by atoms with Gasteiger partial charge in [0, 0.05) is 17.7 Å². The van der Waals surface area contributed by atoms with Crippen molar-refractivity contribution in [3.05, 3.63) is 17.7 Å². The molecule has 0 spiro atoms. The van der Waals surface area contributed by atoms with E-state index in [1.165, 1.54) is 12.1 Å². The van der Waals surface area contributed by atoms with Crippen LogP contribution in [0, 0.1) is 5.92 Å². The van der Waals surface area contributed by atoms with E-state index in [2.05, 4.69) is 5.32 Å². The Morgan fingerprint density at radius 1 is 1.19 bits per heavy atom. The molecule has 2 rings (SSSR count). The average molecular weight is 223 g/mol. The van der Waals surface area contributed by atoms with Gasteiger partial charge in [0.15, 0.2) is 0 Å². The van der Waals surface area contributed by atoms with Crippen molar-refractivity contribution in [2.75, 3.05) is 13.1 Å². The summed E-state index contributed by atoms with van der Waals surface area (Å²) in [4.78, 5) is 0. The molecule has 4 nitrogen and oxygen atoms in total. The lowest BCUT2D eigenvalue weighted by molar-refractivity contribution is 0.359. The molecule has 1 aliphatic rings. The van der Waals surface area contributed by atoms with Gasteiger partial charge >= 0.3 is 0 Å². The van der Waals surface area contributed by atoms with Crippen LogP contribution in [0.2, 0.25) is 0 Å². The van der Waals surface area contributed by atoms with Crippen LogP contribution in [0.1, 0.15) is 18.4 Å². The molecule has 4 N–H and O–H groups in total. The molecule has 0 amide bonds. The fourth-order valence-corrected chi connectivity index (χ4v) is 2.22. The Hall–Kier alpha value is -1.42. The van der Waals surface area contributed by atoms with Gasteiger partial charge in [0.2, 0.25) is 0 Å². The second-order valence-corrected chi connectivity index (χ2v) is 4.38. The highest BCUT2D eigenvalue weighted by molar-refractivity contribution is 5.48. The third kappa shape index (κ3) is 2.39. The molecule has 1 heterocycles. The summed E-state index contributed by atoms with van der Waals surface area (Å²) in [6, 6.07) is 2.54. The third-order valence-electron chi connectivity index (χ3n) is 3.08. The predicted octanol–water partition coefficient (Wildman–Crippen LogP) is 1.35. The number of aromatic hydroxyl groups is 3. The highest BCUT2D eigenvalue weighted by atomic mass is 16.3. The molecular weight excluding hydrogens is 206 g/mol. The van der Waals surface area contributed by atoms with Gasteiger partial charge in [0.1, 0.15) is 17.2 Å². The first-order valence-electron chi connectivity index (χ1n) is 5.61. The minimum absolute atomic E-state index is 0.0249. The molecule has 0 bridgehead atoms. The zero-order valence-electron chi connectivity index (χ0n) is 9.11. The number of phenols is 3. The van der Waals surface area contributed by atoms with Gasteiger partial charge in [-0.05, 0) is 38.3 Å². The van der Waals surface area contributed by atoms with Crippen molar-refractivity contribution in [3.8, 4) is 17.2 Å². The molecule has 88 valence electrons. The molecule has 0 saturated carbocycles. The third-order valence-corrected chi connectivity index (χ3v) is 3.08. The molecule has 1 atom stereocenters. The molecule has 0 aliphatic carbocycles. The average Bonchev–Trinajstić information content (AvgIpc) is 2.25. The van der Waals surface area contributed by atoms with E-state index in [1.807, 2.05) is 0 Å². The van der Waals surface area contributed by atoms with Crippen LogP contribution in [-0.4, -0.2) is 28.4 Å². The van der Waals surface area contributed by atoms with Crippen molar-refractivity contribution < 1.29 is 15.3 Å². The first-order valence-corrected chi connectivity index (χ1v) is 5.61. The Kier molecular flexibility index (Phi) is 3.19. The van der Waals surface area contributed by atoms with Gasteiger partial charge in [0.25, 0.3) is 0 Å². The summed E-state index contributed by atoms with van der Waals surface area (Å²) in [5.41, 5.74) is 0.534. The number of rotatable bonds is 2. The van der Waals surface area contributed by atoms with E-state index in [1.54, 1.807) is 0 Å². The van der Waals surface area contributed by atoms with Crippen molar-refractivity contribution in [2.24, 2.45) is 5.92 Å². The van der Waals surface area contributed by atoms with E-state index in [0.717, 1.165) is 25.9 Å². The van der Waals surface area contributed by atoms with Crippen LogP contribution in [0.3, 0.4) is 0 Å². The van der Waals surface area contributed by atoms with Gasteiger partial charge in [-0.2, -0.15) is 0 Å². The number of benzene rings is 1. The fourth-order valence-electron chi connectivity index (χ4n) is 2.22. The van der Waals surface area contributed by atoms with E-state index < -0.39 is 0 Å². The van der Waals surface area contributed by atoms with E-state index >= 15 is 0 Å². The maximum absolute atomic E-state index is 9.66. The standard InChI is InChI=1S/C12H17NO3/c14-9-5-11(15)10(12(16)6-9)4-8-2-1-3-13-7-8/h5-6,8,13-16H,1-4,7H2. The molecule has 0 radical (unpaired) electrons. The Morgan fingerprint density at radius 2 is 1.88 bits per heavy atom. The minimum Gasteiger partial charge on any atom is -0.508 e. The zero-order valence-corrected chi connectivity index (χ0v) is 9.11. The van der Waals surface area contributed by atoms with Gasteiger partial charge < -0.3 is 20.6 Å². The second-order valence-electron chi connectivity index (χ2n) is 4.38. The number of hydrogen-bond acceptors (Lipinski definition) is 4. The van der Waals surface area contributed by atoms with Gasteiger partial charge in [-0.1, -0.05) is 0 Å². The van der Waals surface area contributed by atoms with E-state index in [-0.39, 0.29) is 17.2 Å². The van der Waals surface area contributed by atoms with Crippen LogP contribution in [0.15, 0.2) is 12.1 Å². The maximum Gasteiger partial charge on any atom is 0.126 e. The van der Waals surface area contributed by atoms with Crippen molar-refractivity contribution in [3.63, 3.8) is 0 Å². The van der Waals surface area contributed by atoms with Crippen LogP contribution < -0.4 is 5.32 Å². The number of phenolic OH excluding ortho intramolecular Hbond substituents is 3. The Morgan fingerprint density at radius 3 is 2.44 bits per heavy atom. The summed E-state index contributed by atoms with van der Waals surface area (Å²) in [6.07, 6.45) is 2.88. The molecule has 0 aromatic heterocycles. The lowest BCUT2D eigenvalue weighted by atomic mass is 9.91. The van der Waals surface area contributed by atoms with Crippen molar-refractivity contribution >= 4 is 0 Å².